The van der Waals surface area contributed by atoms with Crippen molar-refractivity contribution in [1.82, 2.24) is 15.1 Å². The van der Waals surface area contributed by atoms with Gasteiger partial charge >= 0.3 is 0 Å². The smallest absolute Gasteiger partial charge is 0.0939 e. The van der Waals surface area contributed by atoms with Crippen LogP contribution in [-0.4, -0.2) is 42.3 Å². The van der Waals surface area contributed by atoms with E-state index >= 15 is 0 Å². The number of hydrogen-bond acceptors (Lipinski definition) is 4. The molecule has 0 aromatic carbocycles. The Morgan fingerprint density at radius 2 is 2.24 bits per heavy atom. The first-order chi connectivity index (χ1) is 8.24. The van der Waals surface area contributed by atoms with Crippen molar-refractivity contribution in [3.63, 3.8) is 0 Å². The van der Waals surface area contributed by atoms with Gasteiger partial charge in [0.15, 0.2) is 0 Å². The molecule has 1 aromatic heterocycles. The van der Waals surface area contributed by atoms with Crippen molar-refractivity contribution in [1.29, 1.82) is 0 Å². The largest absolute Gasteiger partial charge is 0.383 e. The Morgan fingerprint density at radius 1 is 1.41 bits per heavy atom. The lowest BCUT2D eigenvalue weighted by Gasteiger charge is -2.04. The van der Waals surface area contributed by atoms with Crippen molar-refractivity contribution in [3.8, 4) is 0 Å². The zero-order chi connectivity index (χ0) is 12.5. The van der Waals surface area contributed by atoms with Gasteiger partial charge in [0.1, 0.15) is 0 Å². The lowest BCUT2D eigenvalue weighted by atomic mass is 10.3. The Hall–Kier alpha value is -0.520. The number of thioether (sulfide) groups is 1. The molecule has 0 fully saturated rings. The number of ether oxygens (including phenoxy) is 1. The summed E-state index contributed by atoms with van der Waals surface area (Å²) in [7, 11) is 3.73. The molecular formula is C12H23N3OS. The van der Waals surface area contributed by atoms with Crippen molar-refractivity contribution < 1.29 is 4.74 Å². The molecule has 17 heavy (non-hydrogen) atoms. The first kappa shape index (κ1) is 14.5. The van der Waals surface area contributed by atoms with E-state index in [1.54, 1.807) is 7.11 Å². The van der Waals surface area contributed by atoms with Crippen LogP contribution in [0.3, 0.4) is 0 Å². The third-order valence-corrected chi connectivity index (χ3v) is 3.61. The molecule has 0 atom stereocenters. The van der Waals surface area contributed by atoms with Gasteiger partial charge in [-0.1, -0.05) is 0 Å². The zero-order valence-electron chi connectivity index (χ0n) is 11.0. The van der Waals surface area contributed by atoms with E-state index in [1.807, 2.05) is 30.4 Å². The highest BCUT2D eigenvalue weighted by atomic mass is 32.2. The van der Waals surface area contributed by atoms with Crippen LogP contribution in [0.2, 0.25) is 0 Å². The Balaban J connectivity index is 1.99. The number of unbranched alkanes of at least 4 members (excludes halogenated alkanes) is 1. The van der Waals surface area contributed by atoms with Gasteiger partial charge in [0, 0.05) is 20.7 Å². The van der Waals surface area contributed by atoms with Crippen molar-refractivity contribution in [2.45, 2.75) is 24.8 Å². The van der Waals surface area contributed by atoms with Gasteiger partial charge < -0.3 is 10.1 Å². The van der Waals surface area contributed by atoms with Crippen LogP contribution in [0.4, 0.5) is 0 Å². The molecule has 4 nitrogen and oxygen atoms in total. The minimum Gasteiger partial charge on any atom is -0.383 e. The molecule has 1 heterocycles. The van der Waals surface area contributed by atoms with Gasteiger partial charge in [-0.15, -0.1) is 11.8 Å². The van der Waals surface area contributed by atoms with Gasteiger partial charge in [0.2, 0.25) is 0 Å². The lowest BCUT2D eigenvalue weighted by Crippen LogP contribution is -2.20. The maximum absolute atomic E-state index is 4.97. The highest BCUT2D eigenvalue weighted by Gasteiger charge is 2.01. The second-order valence-corrected chi connectivity index (χ2v) is 5.16. The fourth-order valence-corrected chi connectivity index (χ4v) is 2.59. The summed E-state index contributed by atoms with van der Waals surface area (Å²) in [5.74, 6) is 1.16. The normalized spacial score (nSPS) is 11.0. The van der Waals surface area contributed by atoms with Crippen LogP contribution >= 0.6 is 11.8 Å². The van der Waals surface area contributed by atoms with E-state index in [1.165, 1.54) is 17.9 Å². The number of nitrogens with one attached hydrogen (secondary N) is 1. The summed E-state index contributed by atoms with van der Waals surface area (Å²) in [6.45, 7) is 4.85. The summed E-state index contributed by atoms with van der Waals surface area (Å²) in [4.78, 5) is 0. The molecule has 0 aliphatic heterocycles. The van der Waals surface area contributed by atoms with Gasteiger partial charge in [0.25, 0.3) is 0 Å². The van der Waals surface area contributed by atoms with Crippen LogP contribution in [0.5, 0.6) is 0 Å². The molecule has 1 N–H and O–H groups in total. The standard InChI is InChI=1S/C12H23N3OS/c1-11-10-12(15(2)14-11)17-9-5-4-6-13-7-8-16-3/h10,13H,4-9H2,1-3H3. The Kier molecular flexibility index (Phi) is 7.32. The van der Waals surface area contributed by atoms with Crippen LogP contribution < -0.4 is 5.32 Å². The Bertz CT molecular complexity index is 315. The number of aromatic nitrogens is 2. The lowest BCUT2D eigenvalue weighted by molar-refractivity contribution is 0.199. The fraction of sp³-hybridized carbons (Fsp3) is 0.750. The molecule has 5 heteroatoms. The zero-order valence-corrected chi connectivity index (χ0v) is 11.8. The first-order valence-corrected chi connectivity index (χ1v) is 7.05. The molecule has 1 aromatic rings. The topological polar surface area (TPSA) is 39.1 Å². The minimum absolute atomic E-state index is 0.795. The molecule has 0 unspecified atom stereocenters. The van der Waals surface area contributed by atoms with E-state index in [0.29, 0.717) is 0 Å². The van der Waals surface area contributed by atoms with Crippen LogP contribution in [0, 0.1) is 6.92 Å². The third-order valence-electron chi connectivity index (χ3n) is 2.44. The van der Waals surface area contributed by atoms with Crippen LogP contribution in [0.25, 0.3) is 0 Å². The second-order valence-electron chi connectivity index (χ2n) is 4.05. The molecule has 98 valence electrons. The number of nitrogens with zero attached hydrogens (tertiary/aromatic N) is 2. The molecule has 0 amide bonds. The van der Waals surface area contributed by atoms with Crippen molar-refractivity contribution in [2.75, 3.05) is 32.6 Å². The van der Waals surface area contributed by atoms with Gasteiger partial charge in [-0.2, -0.15) is 5.10 Å². The molecule has 0 aliphatic rings. The maximum Gasteiger partial charge on any atom is 0.0939 e. The molecule has 1 rings (SSSR count). The maximum atomic E-state index is 4.97. The highest BCUT2D eigenvalue weighted by Crippen LogP contribution is 2.19. The van der Waals surface area contributed by atoms with Crippen molar-refractivity contribution >= 4 is 11.8 Å². The molecule has 0 aliphatic carbocycles. The number of hydrogen-bond donors (Lipinski definition) is 1. The van der Waals surface area contributed by atoms with E-state index in [-0.39, 0.29) is 0 Å². The molecule has 0 saturated carbocycles. The molecular weight excluding hydrogens is 234 g/mol. The van der Waals surface area contributed by atoms with Gasteiger partial charge in [-0.3, -0.25) is 4.68 Å². The highest BCUT2D eigenvalue weighted by molar-refractivity contribution is 7.99. The number of aryl methyl sites for hydroxylation is 2. The van der Waals surface area contributed by atoms with Gasteiger partial charge in [0.05, 0.1) is 17.3 Å². The monoisotopic (exact) mass is 257 g/mol. The van der Waals surface area contributed by atoms with E-state index in [0.717, 1.165) is 31.1 Å². The summed E-state index contributed by atoms with van der Waals surface area (Å²) in [5, 5.41) is 8.94. The number of methoxy groups -OCH3 is 1. The average molecular weight is 257 g/mol. The first-order valence-electron chi connectivity index (χ1n) is 6.07. The quantitative estimate of drug-likeness (QED) is 0.541. The molecule has 0 saturated heterocycles. The van der Waals surface area contributed by atoms with Gasteiger partial charge in [-0.25, -0.2) is 0 Å². The predicted molar refractivity (Wildman–Crippen MR) is 72.6 cm³/mol. The van der Waals surface area contributed by atoms with Crippen molar-refractivity contribution in [3.05, 3.63) is 11.8 Å². The fourth-order valence-electron chi connectivity index (χ4n) is 1.55. The summed E-state index contributed by atoms with van der Waals surface area (Å²) >= 11 is 1.88. The van der Waals surface area contributed by atoms with Crippen LogP contribution in [-0.2, 0) is 11.8 Å². The summed E-state index contributed by atoms with van der Waals surface area (Å²) in [6.07, 6.45) is 2.45. The van der Waals surface area contributed by atoms with Crippen LogP contribution in [0.1, 0.15) is 18.5 Å². The molecule has 0 radical (unpaired) electrons. The van der Waals surface area contributed by atoms with E-state index < -0.39 is 0 Å². The molecule has 0 bridgehead atoms. The van der Waals surface area contributed by atoms with Gasteiger partial charge in [-0.05, 0) is 38.1 Å². The number of rotatable bonds is 9. The summed E-state index contributed by atoms with van der Waals surface area (Å²) in [6, 6.07) is 2.14. The minimum atomic E-state index is 0.795. The Labute approximate surface area is 108 Å². The summed E-state index contributed by atoms with van der Waals surface area (Å²) < 4.78 is 6.92. The SMILES string of the molecule is COCCNCCCCSc1cc(C)nn1C. The van der Waals surface area contributed by atoms with E-state index in [4.69, 9.17) is 4.74 Å². The predicted octanol–water partition coefficient (Wildman–Crippen LogP) is 1.84. The molecule has 0 spiro atoms. The van der Waals surface area contributed by atoms with E-state index in [9.17, 15) is 0 Å². The third kappa shape index (κ3) is 6.10. The summed E-state index contributed by atoms with van der Waals surface area (Å²) in [5.41, 5.74) is 1.09. The van der Waals surface area contributed by atoms with Crippen molar-refractivity contribution in [2.24, 2.45) is 7.05 Å². The second kappa shape index (κ2) is 8.55. The average Bonchev–Trinajstić information content (AvgIpc) is 2.61. The Morgan fingerprint density at radius 3 is 2.88 bits per heavy atom. The van der Waals surface area contributed by atoms with E-state index in [2.05, 4.69) is 16.5 Å². The van der Waals surface area contributed by atoms with Crippen LogP contribution in [0.15, 0.2) is 11.1 Å².